The molecule has 0 saturated heterocycles. The van der Waals surface area contributed by atoms with Crippen LogP contribution in [0.2, 0.25) is 0 Å². The largest absolute Gasteiger partial charge is 0.392 e. The van der Waals surface area contributed by atoms with Crippen molar-refractivity contribution in [3.8, 4) is 0 Å². The molecule has 0 atom stereocenters. The second-order valence-corrected chi connectivity index (χ2v) is 3.09. The molecule has 2 nitrogen and oxygen atoms in total. The third-order valence-electron chi connectivity index (χ3n) is 2.29. The van der Waals surface area contributed by atoms with E-state index in [-0.39, 0.29) is 6.61 Å². The zero-order valence-electron chi connectivity index (χ0n) is 7.49. The predicted molar refractivity (Wildman–Crippen MR) is 52.4 cm³/mol. The quantitative estimate of drug-likeness (QED) is 0.715. The number of nitrogens with zero attached hydrogens (tertiary/aromatic N) is 1. The summed E-state index contributed by atoms with van der Waals surface area (Å²) in [6.07, 6.45) is 1.76. The summed E-state index contributed by atoms with van der Waals surface area (Å²) in [5.74, 6) is 0. The van der Waals surface area contributed by atoms with Crippen LogP contribution in [0.15, 0.2) is 30.5 Å². The number of fused-ring (bicyclic) bond motifs is 1. The topological polar surface area (TPSA) is 33.1 Å². The molecule has 2 rings (SSSR count). The van der Waals surface area contributed by atoms with Gasteiger partial charge in [-0.15, -0.1) is 0 Å². The lowest BCUT2D eigenvalue weighted by Gasteiger charge is -2.05. The summed E-state index contributed by atoms with van der Waals surface area (Å²) in [6, 6.07) is 7.84. The van der Waals surface area contributed by atoms with Crippen LogP contribution in [0.25, 0.3) is 10.9 Å². The van der Waals surface area contributed by atoms with E-state index < -0.39 is 0 Å². The number of aromatic nitrogens is 1. The van der Waals surface area contributed by atoms with Crippen LogP contribution in [0, 0.1) is 6.92 Å². The van der Waals surface area contributed by atoms with Gasteiger partial charge >= 0.3 is 0 Å². The van der Waals surface area contributed by atoms with E-state index >= 15 is 0 Å². The number of benzene rings is 1. The van der Waals surface area contributed by atoms with Crippen molar-refractivity contribution in [3.05, 3.63) is 41.6 Å². The molecule has 1 aromatic carbocycles. The molecule has 0 saturated carbocycles. The molecule has 0 aliphatic heterocycles. The predicted octanol–water partition coefficient (Wildman–Crippen LogP) is 2.04. The van der Waals surface area contributed by atoms with Gasteiger partial charge in [0.25, 0.3) is 0 Å². The fourth-order valence-electron chi connectivity index (χ4n) is 1.53. The maximum Gasteiger partial charge on any atom is 0.0705 e. The molecule has 1 N–H and O–H groups in total. The molecular weight excluding hydrogens is 162 g/mol. The Labute approximate surface area is 76.9 Å². The number of pyridine rings is 1. The van der Waals surface area contributed by atoms with Gasteiger partial charge in [-0.2, -0.15) is 0 Å². The van der Waals surface area contributed by atoms with Crippen LogP contribution in [0.4, 0.5) is 0 Å². The number of hydrogen-bond acceptors (Lipinski definition) is 2. The SMILES string of the molecule is Cc1ccc2ncccc2c1CO. The monoisotopic (exact) mass is 173 g/mol. The van der Waals surface area contributed by atoms with Crippen LogP contribution >= 0.6 is 0 Å². The van der Waals surface area contributed by atoms with E-state index in [1.165, 1.54) is 0 Å². The zero-order valence-corrected chi connectivity index (χ0v) is 7.49. The molecule has 1 heterocycles. The Morgan fingerprint density at radius 2 is 2.15 bits per heavy atom. The summed E-state index contributed by atoms with van der Waals surface area (Å²) >= 11 is 0. The molecule has 0 spiro atoms. The molecule has 2 aromatic rings. The lowest BCUT2D eigenvalue weighted by molar-refractivity contribution is 0.282. The fraction of sp³-hybridized carbons (Fsp3) is 0.182. The van der Waals surface area contributed by atoms with Crippen molar-refractivity contribution >= 4 is 10.9 Å². The number of hydrogen-bond donors (Lipinski definition) is 1. The second kappa shape index (κ2) is 3.15. The molecule has 0 radical (unpaired) electrons. The molecule has 0 aliphatic rings. The second-order valence-electron chi connectivity index (χ2n) is 3.09. The zero-order chi connectivity index (χ0) is 9.26. The molecule has 0 aliphatic carbocycles. The van der Waals surface area contributed by atoms with Gasteiger partial charge in [0.05, 0.1) is 12.1 Å². The van der Waals surface area contributed by atoms with E-state index in [2.05, 4.69) is 4.98 Å². The maximum absolute atomic E-state index is 9.19. The van der Waals surface area contributed by atoms with Crippen molar-refractivity contribution in [2.45, 2.75) is 13.5 Å². The Balaban J connectivity index is 2.84. The highest BCUT2D eigenvalue weighted by atomic mass is 16.3. The average molecular weight is 173 g/mol. The van der Waals surface area contributed by atoms with Crippen molar-refractivity contribution in [2.75, 3.05) is 0 Å². The maximum atomic E-state index is 9.19. The normalized spacial score (nSPS) is 10.6. The smallest absolute Gasteiger partial charge is 0.0705 e. The molecule has 13 heavy (non-hydrogen) atoms. The van der Waals surface area contributed by atoms with Crippen LogP contribution in [-0.2, 0) is 6.61 Å². The molecule has 0 bridgehead atoms. The first kappa shape index (κ1) is 8.20. The third kappa shape index (κ3) is 1.29. The van der Waals surface area contributed by atoms with Crippen LogP contribution in [0.3, 0.4) is 0 Å². The molecule has 66 valence electrons. The highest BCUT2D eigenvalue weighted by Crippen LogP contribution is 2.19. The van der Waals surface area contributed by atoms with Gasteiger partial charge in [-0.1, -0.05) is 12.1 Å². The van der Waals surface area contributed by atoms with Gasteiger partial charge in [-0.25, -0.2) is 0 Å². The standard InChI is InChI=1S/C11H11NO/c1-8-4-5-11-9(10(8)7-13)3-2-6-12-11/h2-6,13H,7H2,1H3. The summed E-state index contributed by atoms with van der Waals surface area (Å²) < 4.78 is 0. The van der Waals surface area contributed by atoms with Gasteiger partial charge in [-0.05, 0) is 30.2 Å². The lowest BCUT2D eigenvalue weighted by Crippen LogP contribution is -1.91. The molecule has 0 unspecified atom stereocenters. The minimum Gasteiger partial charge on any atom is -0.392 e. The van der Waals surface area contributed by atoms with Gasteiger partial charge in [0.2, 0.25) is 0 Å². The van der Waals surface area contributed by atoms with Gasteiger partial charge in [0.1, 0.15) is 0 Å². The van der Waals surface area contributed by atoms with E-state index in [0.717, 1.165) is 22.0 Å². The van der Waals surface area contributed by atoms with Crippen molar-refractivity contribution < 1.29 is 5.11 Å². The Bertz CT molecular complexity index is 437. The number of aliphatic hydroxyl groups excluding tert-OH is 1. The summed E-state index contributed by atoms with van der Waals surface area (Å²) in [6.45, 7) is 2.08. The van der Waals surface area contributed by atoms with Crippen LogP contribution in [0.5, 0.6) is 0 Å². The van der Waals surface area contributed by atoms with Gasteiger partial charge in [0.15, 0.2) is 0 Å². The van der Waals surface area contributed by atoms with Gasteiger partial charge < -0.3 is 5.11 Å². The van der Waals surface area contributed by atoms with E-state index in [4.69, 9.17) is 0 Å². The minimum atomic E-state index is 0.0782. The van der Waals surface area contributed by atoms with Crippen LogP contribution < -0.4 is 0 Å². The number of aliphatic hydroxyl groups is 1. The summed E-state index contributed by atoms with van der Waals surface area (Å²) in [5.41, 5.74) is 3.03. The molecule has 0 fully saturated rings. The van der Waals surface area contributed by atoms with Gasteiger partial charge in [0, 0.05) is 11.6 Å². The number of rotatable bonds is 1. The van der Waals surface area contributed by atoms with Crippen molar-refractivity contribution in [1.29, 1.82) is 0 Å². The van der Waals surface area contributed by atoms with E-state index in [1.54, 1.807) is 6.20 Å². The first-order valence-electron chi connectivity index (χ1n) is 4.27. The van der Waals surface area contributed by atoms with Crippen molar-refractivity contribution in [3.63, 3.8) is 0 Å². The summed E-state index contributed by atoms with van der Waals surface area (Å²) in [5, 5.41) is 10.2. The number of aryl methyl sites for hydroxylation is 1. The first-order chi connectivity index (χ1) is 6.33. The Morgan fingerprint density at radius 3 is 2.92 bits per heavy atom. The third-order valence-corrected chi connectivity index (χ3v) is 2.29. The van der Waals surface area contributed by atoms with Crippen LogP contribution in [0.1, 0.15) is 11.1 Å². The Kier molecular flexibility index (Phi) is 1.99. The van der Waals surface area contributed by atoms with Crippen molar-refractivity contribution in [2.24, 2.45) is 0 Å². The summed E-state index contributed by atoms with van der Waals surface area (Å²) in [4.78, 5) is 4.22. The summed E-state index contributed by atoms with van der Waals surface area (Å²) in [7, 11) is 0. The van der Waals surface area contributed by atoms with E-state index in [1.807, 2.05) is 31.2 Å². The minimum absolute atomic E-state index is 0.0782. The highest BCUT2D eigenvalue weighted by molar-refractivity contribution is 5.83. The lowest BCUT2D eigenvalue weighted by atomic mass is 10.0. The van der Waals surface area contributed by atoms with Gasteiger partial charge in [-0.3, -0.25) is 4.98 Å². The van der Waals surface area contributed by atoms with E-state index in [9.17, 15) is 5.11 Å². The fourth-order valence-corrected chi connectivity index (χ4v) is 1.53. The van der Waals surface area contributed by atoms with Crippen molar-refractivity contribution in [1.82, 2.24) is 4.98 Å². The molecular formula is C11H11NO. The van der Waals surface area contributed by atoms with Crippen LogP contribution in [-0.4, -0.2) is 10.1 Å². The first-order valence-corrected chi connectivity index (χ1v) is 4.27. The highest BCUT2D eigenvalue weighted by Gasteiger charge is 2.02. The average Bonchev–Trinajstić information content (AvgIpc) is 2.18. The molecule has 2 heteroatoms. The Hall–Kier alpha value is -1.41. The Morgan fingerprint density at radius 1 is 1.31 bits per heavy atom. The van der Waals surface area contributed by atoms with E-state index in [0.29, 0.717) is 0 Å². The molecule has 0 amide bonds. The molecule has 1 aromatic heterocycles.